The van der Waals surface area contributed by atoms with Gasteiger partial charge in [0, 0.05) is 30.8 Å². The number of aryl methyl sites for hydroxylation is 1. The zero-order chi connectivity index (χ0) is 20.1. The number of nitrogens with one attached hydrogen (secondary N) is 1. The Bertz CT molecular complexity index is 899. The number of sulfonamides is 1. The first-order valence-electron chi connectivity index (χ1n) is 9.66. The second-order valence-corrected chi connectivity index (χ2v) is 10.2. The summed E-state index contributed by atoms with van der Waals surface area (Å²) in [5.74, 6) is 0.361. The second kappa shape index (κ2) is 9.15. The Kier molecular flexibility index (Phi) is 6.85. The number of benzene rings is 1. The van der Waals surface area contributed by atoms with Gasteiger partial charge in [-0.25, -0.2) is 13.4 Å². The molecule has 0 spiro atoms. The number of carbonyl (C=O) groups excluding carboxylic acids is 1. The molecule has 0 aliphatic carbocycles. The average molecular weight is 422 g/mol. The fourth-order valence-electron chi connectivity index (χ4n) is 3.11. The smallest absolute Gasteiger partial charge is 0.243 e. The third kappa shape index (κ3) is 5.18. The fraction of sp³-hybridized carbons (Fsp3) is 0.500. The molecule has 2 heterocycles. The molecule has 28 heavy (non-hydrogen) atoms. The number of hydrogen-bond acceptors (Lipinski definition) is 5. The van der Waals surface area contributed by atoms with Crippen LogP contribution in [0.5, 0.6) is 0 Å². The van der Waals surface area contributed by atoms with E-state index in [2.05, 4.69) is 24.1 Å². The number of nitrogens with zero attached hydrogens (tertiary/aromatic N) is 2. The molecule has 1 aliphatic rings. The lowest BCUT2D eigenvalue weighted by Gasteiger charge is -2.15. The first-order chi connectivity index (χ1) is 13.4. The van der Waals surface area contributed by atoms with Crippen molar-refractivity contribution in [2.45, 2.75) is 56.9 Å². The maximum absolute atomic E-state index is 12.5. The lowest BCUT2D eigenvalue weighted by atomic mass is 10.1. The van der Waals surface area contributed by atoms with Gasteiger partial charge in [0.1, 0.15) is 0 Å². The van der Waals surface area contributed by atoms with Crippen molar-refractivity contribution in [3.05, 3.63) is 45.9 Å². The molecule has 1 N–H and O–H groups in total. The molecular weight excluding hydrogens is 394 g/mol. The first-order valence-corrected chi connectivity index (χ1v) is 12.0. The average Bonchev–Trinajstić information content (AvgIpc) is 3.37. The zero-order valence-electron chi connectivity index (χ0n) is 16.3. The van der Waals surface area contributed by atoms with Gasteiger partial charge in [-0.2, -0.15) is 4.31 Å². The van der Waals surface area contributed by atoms with Crippen LogP contribution in [0, 0.1) is 0 Å². The number of aromatic nitrogens is 1. The SMILES string of the molecule is CC(C)c1nc(CNC(=O)CCc2ccc(S(=O)(=O)N3CCCC3)cc2)cs1. The molecule has 0 saturated carbocycles. The topological polar surface area (TPSA) is 79.4 Å². The molecule has 3 rings (SSSR count). The van der Waals surface area contributed by atoms with Crippen LogP contribution in [-0.2, 0) is 27.8 Å². The number of thiazole rings is 1. The van der Waals surface area contributed by atoms with Crippen LogP contribution in [0.4, 0.5) is 0 Å². The van der Waals surface area contributed by atoms with E-state index in [9.17, 15) is 13.2 Å². The normalized spacial score (nSPS) is 15.2. The molecule has 152 valence electrons. The van der Waals surface area contributed by atoms with Crippen molar-refractivity contribution >= 4 is 27.3 Å². The predicted molar refractivity (Wildman–Crippen MR) is 111 cm³/mol. The molecular formula is C20H27N3O3S2. The maximum Gasteiger partial charge on any atom is 0.243 e. The molecule has 1 aromatic heterocycles. The van der Waals surface area contributed by atoms with Crippen molar-refractivity contribution in [3.63, 3.8) is 0 Å². The Balaban J connectivity index is 1.48. The Labute approximate surface area is 171 Å². The second-order valence-electron chi connectivity index (χ2n) is 7.36. The Hall–Kier alpha value is -1.77. The number of carbonyl (C=O) groups is 1. The van der Waals surface area contributed by atoms with Gasteiger partial charge in [0.25, 0.3) is 0 Å². The Morgan fingerprint density at radius 1 is 1.21 bits per heavy atom. The summed E-state index contributed by atoms with van der Waals surface area (Å²) >= 11 is 1.62. The Morgan fingerprint density at radius 2 is 1.89 bits per heavy atom. The predicted octanol–water partition coefficient (Wildman–Crippen LogP) is 3.30. The van der Waals surface area contributed by atoms with Crippen LogP contribution in [0.2, 0.25) is 0 Å². The van der Waals surface area contributed by atoms with E-state index < -0.39 is 10.0 Å². The van der Waals surface area contributed by atoms with Crippen molar-refractivity contribution in [1.82, 2.24) is 14.6 Å². The number of amides is 1. The summed E-state index contributed by atoms with van der Waals surface area (Å²) in [7, 11) is -3.38. The van der Waals surface area contributed by atoms with E-state index in [1.54, 1.807) is 39.9 Å². The van der Waals surface area contributed by atoms with Crippen molar-refractivity contribution in [2.75, 3.05) is 13.1 Å². The lowest BCUT2D eigenvalue weighted by molar-refractivity contribution is -0.121. The molecule has 1 saturated heterocycles. The third-order valence-electron chi connectivity index (χ3n) is 4.80. The molecule has 0 unspecified atom stereocenters. The first kappa shape index (κ1) is 21.0. The summed E-state index contributed by atoms with van der Waals surface area (Å²) < 4.78 is 26.6. The molecule has 1 fully saturated rings. The standard InChI is InChI=1S/C20H27N3O3S2/c1-15(2)20-22-17(14-27-20)13-21-19(24)10-7-16-5-8-18(9-6-16)28(25,26)23-11-3-4-12-23/h5-6,8-9,14-15H,3-4,7,10-13H2,1-2H3,(H,21,24). The molecule has 0 radical (unpaired) electrons. The summed E-state index contributed by atoms with van der Waals surface area (Å²) in [6.07, 6.45) is 2.78. The molecule has 6 nitrogen and oxygen atoms in total. The summed E-state index contributed by atoms with van der Waals surface area (Å²) in [5, 5.41) is 5.96. The van der Waals surface area contributed by atoms with Gasteiger partial charge in [-0.15, -0.1) is 11.3 Å². The van der Waals surface area contributed by atoms with Crippen molar-refractivity contribution in [1.29, 1.82) is 0 Å². The van der Waals surface area contributed by atoms with Crippen molar-refractivity contribution in [2.24, 2.45) is 0 Å². The highest BCUT2D eigenvalue weighted by molar-refractivity contribution is 7.89. The maximum atomic E-state index is 12.5. The largest absolute Gasteiger partial charge is 0.350 e. The quantitative estimate of drug-likeness (QED) is 0.709. The van der Waals surface area contributed by atoms with E-state index in [0.29, 0.717) is 43.3 Å². The van der Waals surface area contributed by atoms with E-state index in [0.717, 1.165) is 29.1 Å². The summed E-state index contributed by atoms with van der Waals surface area (Å²) in [4.78, 5) is 16.9. The highest BCUT2D eigenvalue weighted by Gasteiger charge is 2.26. The van der Waals surface area contributed by atoms with Gasteiger partial charge in [0.15, 0.2) is 0 Å². The molecule has 0 atom stereocenters. The van der Waals surface area contributed by atoms with Gasteiger partial charge in [-0.1, -0.05) is 26.0 Å². The van der Waals surface area contributed by atoms with Crippen LogP contribution in [0.3, 0.4) is 0 Å². The Morgan fingerprint density at radius 3 is 2.50 bits per heavy atom. The minimum Gasteiger partial charge on any atom is -0.350 e. The van der Waals surface area contributed by atoms with Crippen LogP contribution in [0.25, 0.3) is 0 Å². The fourth-order valence-corrected chi connectivity index (χ4v) is 5.46. The van der Waals surface area contributed by atoms with Crippen LogP contribution in [-0.4, -0.2) is 36.7 Å². The van der Waals surface area contributed by atoms with Gasteiger partial charge >= 0.3 is 0 Å². The molecule has 1 amide bonds. The number of hydrogen-bond donors (Lipinski definition) is 1. The van der Waals surface area contributed by atoms with E-state index >= 15 is 0 Å². The zero-order valence-corrected chi connectivity index (χ0v) is 18.0. The van der Waals surface area contributed by atoms with Gasteiger partial charge in [0.05, 0.1) is 22.1 Å². The summed E-state index contributed by atoms with van der Waals surface area (Å²) in [6.45, 7) is 5.84. The van der Waals surface area contributed by atoms with Crippen LogP contribution < -0.4 is 5.32 Å². The van der Waals surface area contributed by atoms with Gasteiger partial charge in [-0.3, -0.25) is 4.79 Å². The lowest BCUT2D eigenvalue weighted by Crippen LogP contribution is -2.27. The van der Waals surface area contributed by atoms with Crippen molar-refractivity contribution < 1.29 is 13.2 Å². The van der Waals surface area contributed by atoms with Crippen LogP contribution in [0.1, 0.15) is 55.3 Å². The molecule has 2 aromatic rings. The van der Waals surface area contributed by atoms with E-state index in [-0.39, 0.29) is 5.91 Å². The molecule has 8 heteroatoms. The highest BCUT2D eigenvalue weighted by atomic mass is 32.2. The van der Waals surface area contributed by atoms with Gasteiger partial charge in [0.2, 0.25) is 15.9 Å². The van der Waals surface area contributed by atoms with Gasteiger partial charge < -0.3 is 5.32 Å². The monoisotopic (exact) mass is 421 g/mol. The van der Waals surface area contributed by atoms with Crippen LogP contribution >= 0.6 is 11.3 Å². The summed E-state index contributed by atoms with van der Waals surface area (Å²) in [6, 6.07) is 6.88. The molecule has 1 aromatic carbocycles. The third-order valence-corrected chi connectivity index (χ3v) is 7.90. The van der Waals surface area contributed by atoms with Crippen LogP contribution in [0.15, 0.2) is 34.5 Å². The summed E-state index contributed by atoms with van der Waals surface area (Å²) in [5.41, 5.74) is 1.84. The minimum absolute atomic E-state index is 0.0344. The number of rotatable bonds is 8. The molecule has 1 aliphatic heterocycles. The van der Waals surface area contributed by atoms with Crippen molar-refractivity contribution in [3.8, 4) is 0 Å². The van der Waals surface area contributed by atoms with E-state index in [4.69, 9.17) is 0 Å². The molecule has 0 bridgehead atoms. The van der Waals surface area contributed by atoms with E-state index in [1.165, 1.54) is 0 Å². The highest BCUT2D eigenvalue weighted by Crippen LogP contribution is 2.21. The van der Waals surface area contributed by atoms with Gasteiger partial charge in [-0.05, 0) is 37.0 Å². The van der Waals surface area contributed by atoms with E-state index in [1.807, 2.05) is 5.38 Å². The minimum atomic E-state index is -3.38.